The molecule has 0 radical (unpaired) electrons. The maximum atomic E-state index is 12.9. The minimum Gasteiger partial charge on any atom is -0.481 e. The number of benzene rings is 2. The fourth-order valence-corrected chi connectivity index (χ4v) is 4.37. The monoisotopic (exact) mass is 509 g/mol. The molecule has 192 valence electrons. The van der Waals surface area contributed by atoms with Crippen LogP contribution in [0, 0.1) is 0 Å². The minimum atomic E-state index is -0.256. The Bertz CT molecular complexity index is 1470. The summed E-state index contributed by atoms with van der Waals surface area (Å²) in [5, 5.41) is 4.59. The second kappa shape index (κ2) is 10.3. The molecule has 1 aliphatic heterocycles. The number of hydrogen-bond donors (Lipinski definition) is 0. The highest BCUT2D eigenvalue weighted by Crippen LogP contribution is 2.27. The molecule has 3 heterocycles. The first-order valence-electron chi connectivity index (χ1n) is 12.3. The van der Waals surface area contributed by atoms with Gasteiger partial charge < -0.3 is 9.64 Å². The van der Waals surface area contributed by atoms with Crippen LogP contribution in [0.2, 0.25) is 0 Å². The van der Waals surface area contributed by atoms with E-state index in [1.807, 2.05) is 37.3 Å². The highest BCUT2D eigenvalue weighted by Gasteiger charge is 2.34. The third-order valence-electron chi connectivity index (χ3n) is 6.68. The Labute approximate surface area is 220 Å². The molecule has 0 saturated heterocycles. The van der Waals surface area contributed by atoms with Gasteiger partial charge in [0.25, 0.3) is 17.7 Å². The summed E-state index contributed by atoms with van der Waals surface area (Å²) in [5.74, 6) is -0.208. The molecule has 38 heavy (non-hydrogen) atoms. The van der Waals surface area contributed by atoms with Gasteiger partial charge in [-0.05, 0) is 43.2 Å². The summed E-state index contributed by atoms with van der Waals surface area (Å²) in [7, 11) is 3.29. The zero-order valence-electron chi connectivity index (χ0n) is 21.4. The van der Waals surface area contributed by atoms with E-state index in [4.69, 9.17) is 4.74 Å². The van der Waals surface area contributed by atoms with Gasteiger partial charge in [0.1, 0.15) is 0 Å². The van der Waals surface area contributed by atoms with Gasteiger partial charge in [-0.2, -0.15) is 5.10 Å². The average Bonchev–Trinajstić information content (AvgIpc) is 3.51. The maximum Gasteiger partial charge on any atom is 0.274 e. The molecule has 2 aromatic heterocycles. The van der Waals surface area contributed by atoms with E-state index in [0.29, 0.717) is 47.9 Å². The Morgan fingerprint density at radius 3 is 2.24 bits per heavy atom. The first-order chi connectivity index (χ1) is 18.4. The molecule has 0 bridgehead atoms. The molecular weight excluding hydrogens is 482 g/mol. The number of nitrogens with zero attached hydrogens (tertiary/aromatic N) is 5. The van der Waals surface area contributed by atoms with Gasteiger partial charge in [-0.3, -0.25) is 19.3 Å². The van der Waals surface area contributed by atoms with E-state index in [2.05, 4.69) is 10.1 Å². The molecule has 9 heteroatoms. The van der Waals surface area contributed by atoms with Crippen molar-refractivity contribution in [2.45, 2.75) is 13.3 Å². The van der Waals surface area contributed by atoms with Gasteiger partial charge in [0.05, 0.1) is 35.8 Å². The van der Waals surface area contributed by atoms with Gasteiger partial charge in [-0.15, -0.1) is 0 Å². The van der Waals surface area contributed by atoms with Crippen molar-refractivity contribution in [3.8, 4) is 22.8 Å². The number of ether oxygens (including phenoxy) is 1. The molecule has 0 atom stereocenters. The summed E-state index contributed by atoms with van der Waals surface area (Å²) in [6.07, 6.45) is 2.17. The summed E-state index contributed by atoms with van der Waals surface area (Å²) in [6.45, 7) is 2.76. The van der Waals surface area contributed by atoms with Crippen LogP contribution >= 0.6 is 0 Å². The van der Waals surface area contributed by atoms with Crippen molar-refractivity contribution in [3.05, 3.63) is 95.3 Å². The lowest BCUT2D eigenvalue weighted by Gasteiger charge is -2.14. The second-order valence-corrected chi connectivity index (χ2v) is 8.96. The van der Waals surface area contributed by atoms with Crippen molar-refractivity contribution in [1.29, 1.82) is 0 Å². The smallest absolute Gasteiger partial charge is 0.274 e. The fraction of sp³-hybridized carbons (Fsp3) is 0.207. The summed E-state index contributed by atoms with van der Waals surface area (Å²) in [6, 6.07) is 20.0. The molecule has 0 unspecified atom stereocenters. The lowest BCUT2D eigenvalue weighted by molar-refractivity contribution is 0.0655. The van der Waals surface area contributed by atoms with E-state index in [9.17, 15) is 14.4 Å². The van der Waals surface area contributed by atoms with E-state index in [1.165, 1.54) is 4.90 Å². The van der Waals surface area contributed by atoms with E-state index >= 15 is 0 Å². The number of carbonyl (C=O) groups is 3. The quantitative estimate of drug-likeness (QED) is 0.335. The fourth-order valence-electron chi connectivity index (χ4n) is 4.37. The van der Waals surface area contributed by atoms with Gasteiger partial charge in [-0.25, -0.2) is 9.67 Å². The molecule has 3 amide bonds. The zero-order chi connectivity index (χ0) is 26.8. The number of rotatable bonds is 8. The topological polar surface area (TPSA) is 97.6 Å². The van der Waals surface area contributed by atoms with Crippen LogP contribution in [0.15, 0.2) is 72.9 Å². The third kappa shape index (κ3) is 4.54. The molecule has 2 aromatic carbocycles. The first-order valence-corrected chi connectivity index (χ1v) is 12.3. The van der Waals surface area contributed by atoms with E-state index in [0.717, 1.165) is 16.8 Å². The summed E-state index contributed by atoms with van der Waals surface area (Å²) < 4.78 is 6.86. The number of fused-ring (bicyclic) bond motifs is 1. The van der Waals surface area contributed by atoms with Crippen molar-refractivity contribution in [2.75, 3.05) is 27.2 Å². The molecule has 9 nitrogen and oxygen atoms in total. The van der Waals surface area contributed by atoms with Crippen LogP contribution in [0.5, 0.6) is 5.88 Å². The highest BCUT2D eigenvalue weighted by atomic mass is 16.5. The number of pyridine rings is 1. The molecule has 0 spiro atoms. The number of carbonyl (C=O) groups excluding carboxylic acids is 3. The summed E-state index contributed by atoms with van der Waals surface area (Å²) >= 11 is 0. The van der Waals surface area contributed by atoms with E-state index in [-0.39, 0.29) is 17.7 Å². The van der Waals surface area contributed by atoms with Crippen LogP contribution in [-0.2, 0) is 6.42 Å². The van der Waals surface area contributed by atoms with Crippen molar-refractivity contribution in [3.63, 3.8) is 0 Å². The Kier molecular flexibility index (Phi) is 6.74. The minimum absolute atomic E-state index is 0.175. The van der Waals surface area contributed by atoms with Crippen LogP contribution in [0.4, 0.5) is 0 Å². The highest BCUT2D eigenvalue weighted by molar-refractivity contribution is 6.21. The largest absolute Gasteiger partial charge is 0.481 e. The zero-order valence-corrected chi connectivity index (χ0v) is 21.4. The first kappa shape index (κ1) is 24.9. The number of hydrogen-bond acceptors (Lipinski definition) is 6. The second-order valence-electron chi connectivity index (χ2n) is 8.96. The standard InChI is InChI=1S/C29H27N5O4/c1-4-32(2)29(37)24-17-25(34(31-24)21-13-14-26(38-3)30-18-21)20-11-9-19(10-12-20)15-16-33-27(35)22-7-5-6-8-23(22)28(33)36/h5-14,17-18H,4,15-16H2,1-3H3. The molecule has 1 aliphatic rings. The summed E-state index contributed by atoms with van der Waals surface area (Å²) in [4.78, 5) is 45.4. The maximum absolute atomic E-state index is 12.9. The Morgan fingerprint density at radius 2 is 1.66 bits per heavy atom. The lowest BCUT2D eigenvalue weighted by Crippen LogP contribution is -2.31. The normalized spacial score (nSPS) is 12.6. The average molecular weight is 510 g/mol. The van der Waals surface area contributed by atoms with Crippen LogP contribution in [-0.4, -0.2) is 69.5 Å². The molecule has 4 aromatic rings. The van der Waals surface area contributed by atoms with Crippen LogP contribution in [0.3, 0.4) is 0 Å². The number of aromatic nitrogens is 3. The van der Waals surface area contributed by atoms with Crippen LogP contribution < -0.4 is 4.74 Å². The van der Waals surface area contributed by atoms with Crippen LogP contribution in [0.1, 0.15) is 43.7 Å². The predicted octanol–water partition coefficient (Wildman–Crippen LogP) is 3.87. The molecule has 0 fully saturated rings. The van der Waals surface area contributed by atoms with Crippen molar-refractivity contribution >= 4 is 17.7 Å². The molecule has 0 aliphatic carbocycles. The van der Waals surface area contributed by atoms with Gasteiger partial charge in [0, 0.05) is 31.8 Å². The van der Waals surface area contributed by atoms with E-state index < -0.39 is 0 Å². The van der Waals surface area contributed by atoms with Gasteiger partial charge in [-0.1, -0.05) is 36.4 Å². The van der Waals surface area contributed by atoms with Crippen molar-refractivity contribution < 1.29 is 19.1 Å². The van der Waals surface area contributed by atoms with E-state index in [1.54, 1.807) is 66.3 Å². The molecular formula is C29H27N5O4. The summed E-state index contributed by atoms with van der Waals surface area (Å²) in [5.41, 5.74) is 4.49. The Balaban J connectivity index is 1.39. The molecule has 5 rings (SSSR count). The van der Waals surface area contributed by atoms with Crippen LogP contribution in [0.25, 0.3) is 16.9 Å². The van der Waals surface area contributed by atoms with Gasteiger partial charge >= 0.3 is 0 Å². The lowest BCUT2D eigenvalue weighted by atomic mass is 10.1. The molecule has 0 N–H and O–H groups in total. The number of methoxy groups -OCH3 is 1. The Morgan fingerprint density at radius 1 is 0.974 bits per heavy atom. The van der Waals surface area contributed by atoms with Crippen molar-refractivity contribution in [1.82, 2.24) is 24.6 Å². The van der Waals surface area contributed by atoms with Gasteiger partial charge in [0.15, 0.2) is 5.69 Å². The Hall–Kier alpha value is -4.79. The number of imide groups is 1. The third-order valence-corrected chi connectivity index (χ3v) is 6.68. The number of amides is 3. The molecule has 0 saturated carbocycles. The predicted molar refractivity (Wildman–Crippen MR) is 141 cm³/mol. The SMILES string of the molecule is CCN(C)C(=O)c1cc(-c2ccc(CCN3C(=O)c4ccccc4C3=O)cc2)n(-c2ccc(OC)nc2)n1. The van der Waals surface area contributed by atoms with Gasteiger partial charge in [0.2, 0.25) is 5.88 Å². The van der Waals surface area contributed by atoms with Crippen molar-refractivity contribution in [2.24, 2.45) is 0 Å².